The molecule has 0 radical (unpaired) electrons. The average Bonchev–Trinajstić information content (AvgIpc) is 2.87. The Labute approximate surface area is 126 Å². The third-order valence-corrected chi connectivity index (χ3v) is 5.89. The zero-order valence-corrected chi connectivity index (χ0v) is 13.3. The summed E-state index contributed by atoms with van der Waals surface area (Å²) in [4.78, 5) is 0. The van der Waals surface area contributed by atoms with Gasteiger partial charge in [-0.05, 0) is 30.7 Å². The van der Waals surface area contributed by atoms with Crippen LogP contribution in [0.2, 0.25) is 5.02 Å². The molecule has 20 heavy (non-hydrogen) atoms. The number of hydrogen-bond acceptors (Lipinski definition) is 6. The Morgan fingerprint density at radius 3 is 2.75 bits per heavy atom. The number of nitrogens with zero attached hydrogens (tertiary/aromatic N) is 2. The first-order valence-electron chi connectivity index (χ1n) is 5.86. The van der Waals surface area contributed by atoms with E-state index in [0.29, 0.717) is 15.8 Å². The van der Waals surface area contributed by atoms with Crippen molar-refractivity contribution in [2.24, 2.45) is 0 Å². The molecule has 2 rings (SSSR count). The van der Waals surface area contributed by atoms with E-state index in [2.05, 4.69) is 10.2 Å². The van der Waals surface area contributed by atoms with Gasteiger partial charge in [0.15, 0.2) is 5.01 Å². The van der Waals surface area contributed by atoms with E-state index < -0.39 is 9.84 Å². The molecule has 0 unspecified atom stereocenters. The second-order valence-electron chi connectivity index (χ2n) is 4.06. The molecule has 1 aromatic heterocycles. The lowest BCUT2D eigenvalue weighted by Gasteiger charge is -2.07. The summed E-state index contributed by atoms with van der Waals surface area (Å²) in [6.07, 6.45) is 0. The molecular formula is C12H13ClN2O3S2. The summed E-state index contributed by atoms with van der Waals surface area (Å²) >= 11 is 6.89. The number of sulfone groups is 1. The fraction of sp³-hybridized carbons (Fsp3) is 0.333. The van der Waals surface area contributed by atoms with Crippen LogP contribution in [0, 0.1) is 6.92 Å². The van der Waals surface area contributed by atoms with Crippen molar-refractivity contribution in [1.82, 2.24) is 10.2 Å². The maximum Gasteiger partial charge on any atom is 0.232 e. The van der Waals surface area contributed by atoms with Crippen molar-refractivity contribution in [1.29, 1.82) is 0 Å². The van der Waals surface area contributed by atoms with E-state index in [1.54, 1.807) is 25.1 Å². The quantitative estimate of drug-likeness (QED) is 0.842. The first kappa shape index (κ1) is 15.2. The van der Waals surface area contributed by atoms with E-state index >= 15 is 0 Å². The Kier molecular flexibility index (Phi) is 4.62. The molecular weight excluding hydrogens is 320 g/mol. The molecule has 2 aromatic rings. The highest BCUT2D eigenvalue weighted by Crippen LogP contribution is 2.24. The molecule has 5 nitrogen and oxygen atoms in total. The lowest BCUT2D eigenvalue weighted by molar-refractivity contribution is 0.302. The molecule has 0 aliphatic rings. The van der Waals surface area contributed by atoms with Crippen LogP contribution in [0.5, 0.6) is 5.75 Å². The minimum absolute atomic E-state index is 0.0127. The Morgan fingerprint density at radius 2 is 2.10 bits per heavy atom. The van der Waals surface area contributed by atoms with Crippen LogP contribution in [0.25, 0.3) is 0 Å². The van der Waals surface area contributed by atoms with Crippen molar-refractivity contribution in [3.63, 3.8) is 0 Å². The normalized spacial score (nSPS) is 11.6. The van der Waals surface area contributed by atoms with Crippen molar-refractivity contribution < 1.29 is 13.2 Å². The lowest BCUT2D eigenvalue weighted by atomic mass is 10.2. The smallest absolute Gasteiger partial charge is 0.232 e. The molecule has 0 saturated heterocycles. The van der Waals surface area contributed by atoms with E-state index in [4.69, 9.17) is 16.3 Å². The maximum atomic E-state index is 11.6. The molecule has 0 aliphatic heterocycles. The third-order valence-electron chi connectivity index (χ3n) is 2.58. The Balaban J connectivity index is 2.08. The molecule has 0 spiro atoms. The van der Waals surface area contributed by atoms with Gasteiger partial charge in [0.2, 0.25) is 14.2 Å². The van der Waals surface area contributed by atoms with Crippen LogP contribution in [0.3, 0.4) is 0 Å². The van der Waals surface area contributed by atoms with E-state index in [9.17, 15) is 8.42 Å². The van der Waals surface area contributed by atoms with Gasteiger partial charge in [-0.2, -0.15) is 0 Å². The third kappa shape index (κ3) is 3.47. The summed E-state index contributed by atoms with van der Waals surface area (Å²) in [5, 5.41) is 8.68. The van der Waals surface area contributed by atoms with Crippen molar-refractivity contribution in [2.45, 2.75) is 24.8 Å². The molecule has 1 heterocycles. The predicted octanol–water partition coefficient (Wildman–Crippen LogP) is 2.87. The van der Waals surface area contributed by atoms with Gasteiger partial charge in [-0.3, -0.25) is 0 Å². The predicted molar refractivity (Wildman–Crippen MR) is 78.2 cm³/mol. The number of aromatic nitrogens is 2. The fourth-order valence-electron chi connectivity index (χ4n) is 1.46. The van der Waals surface area contributed by atoms with Crippen LogP contribution in [0.15, 0.2) is 22.5 Å². The van der Waals surface area contributed by atoms with Gasteiger partial charge >= 0.3 is 0 Å². The highest BCUT2D eigenvalue weighted by Gasteiger charge is 2.18. The molecule has 0 N–H and O–H groups in total. The van der Waals surface area contributed by atoms with E-state index in [-0.39, 0.29) is 16.7 Å². The Morgan fingerprint density at radius 1 is 1.35 bits per heavy atom. The van der Waals surface area contributed by atoms with Crippen LogP contribution >= 0.6 is 22.9 Å². The summed E-state index contributed by atoms with van der Waals surface area (Å²) in [5.74, 6) is 0.697. The summed E-state index contributed by atoms with van der Waals surface area (Å²) in [6, 6.07) is 5.29. The van der Waals surface area contributed by atoms with Gasteiger partial charge in [0.1, 0.15) is 12.4 Å². The van der Waals surface area contributed by atoms with E-state index in [1.807, 2.05) is 6.92 Å². The van der Waals surface area contributed by atoms with Crippen molar-refractivity contribution >= 4 is 32.8 Å². The molecule has 0 aliphatic carbocycles. The summed E-state index contributed by atoms with van der Waals surface area (Å²) < 4.78 is 28.9. The lowest BCUT2D eigenvalue weighted by Crippen LogP contribution is -2.02. The van der Waals surface area contributed by atoms with Crippen molar-refractivity contribution in [3.05, 3.63) is 33.8 Å². The van der Waals surface area contributed by atoms with E-state index in [1.165, 1.54) is 0 Å². The molecule has 0 amide bonds. The number of halogens is 1. The summed E-state index contributed by atoms with van der Waals surface area (Å²) in [7, 11) is -3.30. The van der Waals surface area contributed by atoms with Crippen LogP contribution in [-0.4, -0.2) is 24.4 Å². The molecule has 0 bridgehead atoms. The average molecular weight is 333 g/mol. The van der Waals surface area contributed by atoms with Gasteiger partial charge < -0.3 is 4.74 Å². The van der Waals surface area contributed by atoms with Gasteiger partial charge in [0.05, 0.1) is 5.75 Å². The fourth-order valence-corrected chi connectivity index (χ4v) is 3.73. The molecule has 1 aromatic carbocycles. The van der Waals surface area contributed by atoms with Gasteiger partial charge in [0.25, 0.3) is 0 Å². The Hall–Kier alpha value is -1.18. The van der Waals surface area contributed by atoms with Gasteiger partial charge in [0, 0.05) is 5.02 Å². The Bertz CT molecular complexity index is 713. The molecule has 0 saturated carbocycles. The largest absolute Gasteiger partial charge is 0.486 e. The summed E-state index contributed by atoms with van der Waals surface area (Å²) in [5.41, 5.74) is 0.906. The monoisotopic (exact) mass is 332 g/mol. The molecule has 108 valence electrons. The van der Waals surface area contributed by atoms with Crippen LogP contribution in [0.4, 0.5) is 0 Å². The van der Waals surface area contributed by atoms with Crippen molar-refractivity contribution in [2.75, 3.05) is 5.75 Å². The molecule has 0 atom stereocenters. The summed E-state index contributed by atoms with van der Waals surface area (Å²) in [6.45, 7) is 3.64. The number of benzene rings is 1. The second kappa shape index (κ2) is 6.07. The first-order chi connectivity index (χ1) is 9.42. The zero-order chi connectivity index (χ0) is 14.8. The topological polar surface area (TPSA) is 69.2 Å². The highest BCUT2D eigenvalue weighted by molar-refractivity contribution is 7.93. The number of aryl methyl sites for hydroxylation is 1. The van der Waals surface area contributed by atoms with Crippen LogP contribution < -0.4 is 4.74 Å². The SMILES string of the molecule is CCS(=O)(=O)c1nnc(COc2ccc(Cl)cc2C)s1. The number of ether oxygens (including phenoxy) is 1. The molecule has 8 heteroatoms. The highest BCUT2D eigenvalue weighted by atomic mass is 35.5. The first-order valence-corrected chi connectivity index (χ1v) is 8.71. The molecule has 0 fully saturated rings. The maximum absolute atomic E-state index is 11.6. The van der Waals surface area contributed by atoms with Crippen molar-refractivity contribution in [3.8, 4) is 5.75 Å². The van der Waals surface area contributed by atoms with Gasteiger partial charge in [-0.25, -0.2) is 8.42 Å². The van der Waals surface area contributed by atoms with Gasteiger partial charge in [-0.1, -0.05) is 29.9 Å². The zero-order valence-electron chi connectivity index (χ0n) is 11.0. The number of hydrogen-bond donors (Lipinski definition) is 0. The van der Waals surface area contributed by atoms with Gasteiger partial charge in [-0.15, -0.1) is 10.2 Å². The van der Waals surface area contributed by atoms with E-state index in [0.717, 1.165) is 16.9 Å². The van der Waals surface area contributed by atoms with Crippen LogP contribution in [0.1, 0.15) is 17.5 Å². The number of rotatable bonds is 5. The minimum Gasteiger partial charge on any atom is -0.486 e. The van der Waals surface area contributed by atoms with Crippen LogP contribution in [-0.2, 0) is 16.4 Å². The standard InChI is InChI=1S/C12H13ClN2O3S2/c1-3-20(16,17)12-15-14-11(19-12)7-18-10-5-4-9(13)6-8(10)2/h4-6H,3,7H2,1-2H3. The minimum atomic E-state index is -3.30. The second-order valence-corrected chi connectivity index (χ2v) is 8.01.